The van der Waals surface area contributed by atoms with Crippen LogP contribution in [0.4, 0.5) is 0 Å². The molecule has 1 atom stereocenters. The Balaban J connectivity index is 1.64. The normalized spacial score (nSPS) is 12.0. The minimum atomic E-state index is -0.191. The average molecular weight is 403 g/mol. The number of benzene rings is 2. The van der Waals surface area contributed by atoms with Crippen LogP contribution < -0.4 is 5.32 Å². The number of hydrogen-bond donors (Lipinski definition) is 1. The van der Waals surface area contributed by atoms with Crippen molar-refractivity contribution in [2.24, 2.45) is 0 Å². The van der Waals surface area contributed by atoms with E-state index in [1.165, 1.54) is 0 Å². The maximum Gasteiger partial charge on any atom is 0.236 e. The van der Waals surface area contributed by atoms with Crippen molar-refractivity contribution < 1.29 is 9.21 Å². The number of halogens is 2. The van der Waals surface area contributed by atoms with E-state index in [2.05, 4.69) is 5.32 Å². The van der Waals surface area contributed by atoms with E-state index in [-0.39, 0.29) is 18.5 Å². The maximum absolute atomic E-state index is 12.6. The van der Waals surface area contributed by atoms with Crippen molar-refractivity contribution in [1.29, 1.82) is 0 Å². The summed E-state index contributed by atoms with van der Waals surface area (Å²) in [5.74, 6) is 0.731. The molecule has 3 rings (SSSR count). The van der Waals surface area contributed by atoms with Crippen LogP contribution >= 0.6 is 23.2 Å². The largest absolute Gasteiger partial charge is 0.467 e. The van der Waals surface area contributed by atoms with Crippen LogP contribution in [0.3, 0.4) is 0 Å². The highest BCUT2D eigenvalue weighted by Gasteiger charge is 2.19. The Morgan fingerprint density at radius 2 is 1.85 bits per heavy atom. The van der Waals surface area contributed by atoms with Crippen molar-refractivity contribution in [3.8, 4) is 0 Å². The molecule has 140 valence electrons. The molecule has 1 amide bonds. The van der Waals surface area contributed by atoms with Gasteiger partial charge < -0.3 is 9.32 Å². The minimum Gasteiger partial charge on any atom is -0.467 e. The quantitative estimate of drug-likeness (QED) is 0.609. The number of carbonyl (C=O) groups is 1. The van der Waals surface area contributed by atoms with Gasteiger partial charge in [0.05, 0.1) is 28.9 Å². The molecular formula is C21H20Cl2N2O2. The SMILES string of the molecule is CN(Cc1ccc(Cl)c(Cl)c1)C(=O)CN[C@H](c1ccccc1)c1ccco1. The number of nitrogens with zero attached hydrogens (tertiary/aromatic N) is 1. The zero-order valence-corrected chi connectivity index (χ0v) is 16.4. The third-order valence-corrected chi connectivity index (χ3v) is 4.99. The number of amides is 1. The minimum absolute atomic E-state index is 0.0337. The van der Waals surface area contributed by atoms with Crippen LogP contribution in [0.2, 0.25) is 10.0 Å². The molecule has 0 radical (unpaired) electrons. The van der Waals surface area contributed by atoms with E-state index in [4.69, 9.17) is 27.6 Å². The molecule has 0 aliphatic rings. The molecule has 0 aliphatic heterocycles. The van der Waals surface area contributed by atoms with Crippen LogP contribution in [-0.4, -0.2) is 24.4 Å². The molecule has 0 aliphatic carbocycles. The van der Waals surface area contributed by atoms with Crippen LogP contribution in [0.25, 0.3) is 0 Å². The molecule has 0 saturated carbocycles. The van der Waals surface area contributed by atoms with Gasteiger partial charge >= 0.3 is 0 Å². The molecule has 0 fully saturated rings. The predicted octanol–water partition coefficient (Wildman–Crippen LogP) is 4.92. The van der Waals surface area contributed by atoms with E-state index in [1.807, 2.05) is 48.5 Å². The maximum atomic E-state index is 12.6. The van der Waals surface area contributed by atoms with Crippen LogP contribution in [0, 0.1) is 0 Å². The third kappa shape index (κ3) is 5.13. The van der Waals surface area contributed by atoms with Gasteiger partial charge in [-0.25, -0.2) is 0 Å². The second-order valence-corrected chi connectivity index (χ2v) is 7.05. The number of nitrogens with one attached hydrogen (secondary N) is 1. The summed E-state index contributed by atoms with van der Waals surface area (Å²) in [5.41, 5.74) is 1.96. The smallest absolute Gasteiger partial charge is 0.236 e. The fraction of sp³-hybridized carbons (Fsp3) is 0.190. The molecule has 0 unspecified atom stereocenters. The lowest BCUT2D eigenvalue weighted by atomic mass is 10.0. The van der Waals surface area contributed by atoms with Crippen molar-refractivity contribution in [3.63, 3.8) is 0 Å². The van der Waals surface area contributed by atoms with Gasteiger partial charge in [0, 0.05) is 13.6 Å². The fourth-order valence-corrected chi connectivity index (χ4v) is 3.13. The molecule has 1 aromatic heterocycles. The van der Waals surface area contributed by atoms with Gasteiger partial charge in [-0.2, -0.15) is 0 Å². The zero-order chi connectivity index (χ0) is 19.2. The molecule has 27 heavy (non-hydrogen) atoms. The summed E-state index contributed by atoms with van der Waals surface area (Å²) in [4.78, 5) is 14.2. The molecule has 0 saturated heterocycles. The molecular weight excluding hydrogens is 383 g/mol. The third-order valence-electron chi connectivity index (χ3n) is 4.25. The molecule has 1 heterocycles. The molecule has 4 nitrogen and oxygen atoms in total. The second kappa shape index (κ2) is 9.09. The van der Waals surface area contributed by atoms with Crippen LogP contribution in [-0.2, 0) is 11.3 Å². The van der Waals surface area contributed by atoms with Crippen molar-refractivity contribution >= 4 is 29.1 Å². The number of furan rings is 1. The average Bonchev–Trinajstić information content (AvgIpc) is 3.20. The summed E-state index contributed by atoms with van der Waals surface area (Å²) in [6, 6.07) is 18.8. The number of likely N-dealkylation sites (N-methyl/N-ethyl adjacent to an activating group) is 1. The van der Waals surface area contributed by atoms with Crippen LogP contribution in [0.5, 0.6) is 0 Å². The van der Waals surface area contributed by atoms with Gasteiger partial charge in [0.1, 0.15) is 5.76 Å². The Morgan fingerprint density at radius 3 is 2.52 bits per heavy atom. The first-order chi connectivity index (χ1) is 13.0. The van der Waals surface area contributed by atoms with E-state index in [0.29, 0.717) is 16.6 Å². The monoisotopic (exact) mass is 402 g/mol. The highest BCUT2D eigenvalue weighted by molar-refractivity contribution is 6.42. The van der Waals surface area contributed by atoms with E-state index in [0.717, 1.165) is 16.9 Å². The number of hydrogen-bond acceptors (Lipinski definition) is 3. The van der Waals surface area contributed by atoms with Crippen molar-refractivity contribution in [1.82, 2.24) is 10.2 Å². The number of rotatable bonds is 7. The van der Waals surface area contributed by atoms with E-state index < -0.39 is 0 Å². The Bertz CT molecular complexity index is 882. The highest BCUT2D eigenvalue weighted by Crippen LogP contribution is 2.24. The number of carbonyl (C=O) groups excluding carboxylic acids is 1. The molecule has 1 N–H and O–H groups in total. The van der Waals surface area contributed by atoms with E-state index in [9.17, 15) is 4.79 Å². The molecule has 2 aromatic carbocycles. The summed E-state index contributed by atoms with van der Waals surface area (Å²) in [6.07, 6.45) is 1.63. The highest BCUT2D eigenvalue weighted by atomic mass is 35.5. The van der Waals surface area contributed by atoms with Gasteiger partial charge in [-0.15, -0.1) is 0 Å². The molecule has 3 aromatic rings. The van der Waals surface area contributed by atoms with Crippen LogP contribution in [0.15, 0.2) is 71.3 Å². The fourth-order valence-electron chi connectivity index (χ4n) is 2.81. The summed E-state index contributed by atoms with van der Waals surface area (Å²) < 4.78 is 5.55. The predicted molar refractivity (Wildman–Crippen MR) is 108 cm³/mol. The second-order valence-electron chi connectivity index (χ2n) is 6.24. The lowest BCUT2D eigenvalue weighted by Crippen LogP contribution is -2.37. The molecule has 0 bridgehead atoms. The van der Waals surface area contributed by atoms with Gasteiger partial charge in [-0.05, 0) is 35.4 Å². The van der Waals surface area contributed by atoms with Gasteiger partial charge in [0.15, 0.2) is 0 Å². The Morgan fingerprint density at radius 1 is 1.07 bits per heavy atom. The Hall–Kier alpha value is -2.27. The first-order valence-electron chi connectivity index (χ1n) is 8.54. The molecule has 6 heteroatoms. The Kier molecular flexibility index (Phi) is 6.56. The standard InChI is InChI=1S/C21H20Cl2N2O2/c1-25(14-15-9-10-17(22)18(23)12-15)20(26)13-24-21(19-8-5-11-27-19)16-6-3-2-4-7-16/h2-12,21,24H,13-14H2,1H3/t21-/m1/s1. The summed E-state index contributed by atoms with van der Waals surface area (Å²) in [5, 5.41) is 4.28. The first kappa shape index (κ1) is 19.5. The zero-order valence-electron chi connectivity index (χ0n) is 14.9. The van der Waals surface area contributed by atoms with Gasteiger partial charge in [-0.3, -0.25) is 10.1 Å². The topological polar surface area (TPSA) is 45.5 Å². The lowest BCUT2D eigenvalue weighted by molar-refractivity contribution is -0.129. The van der Waals surface area contributed by atoms with Crippen molar-refractivity contribution in [2.75, 3.05) is 13.6 Å². The summed E-state index contributed by atoms with van der Waals surface area (Å²) >= 11 is 12.0. The van der Waals surface area contributed by atoms with E-state index >= 15 is 0 Å². The van der Waals surface area contributed by atoms with Crippen molar-refractivity contribution in [2.45, 2.75) is 12.6 Å². The first-order valence-corrected chi connectivity index (χ1v) is 9.30. The van der Waals surface area contributed by atoms with Gasteiger partial charge in [0.2, 0.25) is 5.91 Å². The van der Waals surface area contributed by atoms with Crippen molar-refractivity contribution in [3.05, 3.63) is 93.9 Å². The van der Waals surface area contributed by atoms with Gasteiger partial charge in [0.25, 0.3) is 0 Å². The summed E-state index contributed by atoms with van der Waals surface area (Å²) in [7, 11) is 1.76. The Labute approximate surface area is 168 Å². The van der Waals surface area contributed by atoms with Gasteiger partial charge in [-0.1, -0.05) is 59.6 Å². The lowest BCUT2D eigenvalue weighted by Gasteiger charge is -2.21. The molecule has 0 spiro atoms. The summed E-state index contributed by atoms with van der Waals surface area (Å²) in [6.45, 7) is 0.631. The van der Waals surface area contributed by atoms with Crippen LogP contribution in [0.1, 0.15) is 22.9 Å². The van der Waals surface area contributed by atoms with E-state index in [1.54, 1.807) is 30.3 Å².